The molecule has 1 rings (SSSR count). The molecule has 1 aromatic rings. The number of aromatic carboxylic acids is 1. The highest BCUT2D eigenvalue weighted by Gasteiger charge is 1.98. The van der Waals surface area contributed by atoms with Crippen molar-refractivity contribution in [1.82, 2.24) is 0 Å². The molecule has 0 radical (unpaired) electrons. The van der Waals surface area contributed by atoms with Crippen molar-refractivity contribution >= 4 is 11.7 Å². The average molecular weight is 198 g/mol. The molecule has 0 unspecified atom stereocenters. The molecule has 0 aromatic heterocycles. The second-order valence-corrected chi connectivity index (χ2v) is 2.44. The van der Waals surface area contributed by atoms with E-state index in [1.807, 2.05) is 0 Å². The lowest BCUT2D eigenvalue weighted by Crippen LogP contribution is -2.02. The number of carbonyl (C=O) groups is 1. The van der Waals surface area contributed by atoms with Crippen LogP contribution in [0.25, 0.3) is 0 Å². The van der Waals surface area contributed by atoms with Crippen LogP contribution in [0.4, 0.5) is 5.69 Å². The maximum Gasteiger partial charge on any atom is 0.335 e. The van der Waals surface area contributed by atoms with Crippen LogP contribution in [0.2, 0.25) is 0 Å². The third-order valence-electron chi connectivity index (χ3n) is 1.29. The Labute approximate surface area is 82.0 Å². The molecule has 0 bridgehead atoms. The SMILES string of the molecule is NCCO.Nc1ccc(C(=O)O)cc1. The molecule has 1 aromatic carbocycles. The van der Waals surface area contributed by atoms with Gasteiger partial charge in [0.15, 0.2) is 0 Å². The Kier molecular flexibility index (Phi) is 6.09. The minimum absolute atomic E-state index is 0.0972. The van der Waals surface area contributed by atoms with Crippen LogP contribution in [0.5, 0.6) is 0 Å². The molecular weight excluding hydrogens is 184 g/mol. The van der Waals surface area contributed by atoms with Gasteiger partial charge in [0.1, 0.15) is 0 Å². The first kappa shape index (κ1) is 12.4. The molecule has 14 heavy (non-hydrogen) atoms. The van der Waals surface area contributed by atoms with Crippen molar-refractivity contribution in [3.63, 3.8) is 0 Å². The van der Waals surface area contributed by atoms with Crippen LogP contribution < -0.4 is 11.5 Å². The highest BCUT2D eigenvalue weighted by Crippen LogP contribution is 2.04. The first-order valence-electron chi connectivity index (χ1n) is 4.01. The van der Waals surface area contributed by atoms with Crippen LogP contribution in [0.3, 0.4) is 0 Å². The molecule has 0 heterocycles. The molecule has 78 valence electrons. The van der Waals surface area contributed by atoms with Gasteiger partial charge in [-0.1, -0.05) is 0 Å². The van der Waals surface area contributed by atoms with E-state index in [0.717, 1.165) is 0 Å². The molecule has 0 aliphatic rings. The Morgan fingerprint density at radius 2 is 1.71 bits per heavy atom. The van der Waals surface area contributed by atoms with Gasteiger partial charge >= 0.3 is 5.97 Å². The predicted octanol–water partition coefficient (Wildman–Crippen LogP) is -0.0956. The van der Waals surface area contributed by atoms with Gasteiger partial charge in [-0.3, -0.25) is 0 Å². The van der Waals surface area contributed by atoms with Crippen molar-refractivity contribution in [2.45, 2.75) is 0 Å². The summed E-state index contributed by atoms with van der Waals surface area (Å²) in [5, 5.41) is 16.2. The third-order valence-corrected chi connectivity index (χ3v) is 1.29. The molecular formula is C9H14N2O3. The normalized spacial score (nSPS) is 8.71. The van der Waals surface area contributed by atoms with Gasteiger partial charge in [-0.15, -0.1) is 0 Å². The smallest absolute Gasteiger partial charge is 0.335 e. The minimum Gasteiger partial charge on any atom is -0.478 e. The summed E-state index contributed by atoms with van der Waals surface area (Å²) in [7, 11) is 0. The summed E-state index contributed by atoms with van der Waals surface area (Å²) in [5.74, 6) is -0.931. The Morgan fingerprint density at radius 1 is 1.29 bits per heavy atom. The van der Waals surface area contributed by atoms with E-state index in [-0.39, 0.29) is 12.2 Å². The fourth-order valence-corrected chi connectivity index (χ4v) is 0.626. The van der Waals surface area contributed by atoms with Crippen molar-refractivity contribution in [1.29, 1.82) is 0 Å². The fraction of sp³-hybridized carbons (Fsp3) is 0.222. The largest absolute Gasteiger partial charge is 0.478 e. The van der Waals surface area contributed by atoms with Crippen LogP contribution in [0.15, 0.2) is 24.3 Å². The molecule has 0 aliphatic heterocycles. The van der Waals surface area contributed by atoms with E-state index < -0.39 is 5.97 Å². The van der Waals surface area contributed by atoms with Crippen molar-refractivity contribution < 1.29 is 15.0 Å². The van der Waals surface area contributed by atoms with E-state index in [1.165, 1.54) is 12.1 Å². The van der Waals surface area contributed by atoms with Crippen molar-refractivity contribution in [2.24, 2.45) is 5.73 Å². The highest BCUT2D eigenvalue weighted by molar-refractivity contribution is 5.87. The number of benzene rings is 1. The molecule has 0 spiro atoms. The van der Waals surface area contributed by atoms with Gasteiger partial charge in [0, 0.05) is 12.2 Å². The maximum atomic E-state index is 10.3. The van der Waals surface area contributed by atoms with Gasteiger partial charge in [0.25, 0.3) is 0 Å². The number of rotatable bonds is 2. The van der Waals surface area contributed by atoms with E-state index in [2.05, 4.69) is 0 Å². The zero-order valence-corrected chi connectivity index (χ0v) is 7.68. The number of carboxylic acids is 1. The third kappa shape index (κ3) is 5.13. The Hall–Kier alpha value is -1.59. The first-order chi connectivity index (χ1) is 6.61. The van der Waals surface area contributed by atoms with E-state index in [0.29, 0.717) is 12.2 Å². The molecule has 0 saturated heterocycles. The Morgan fingerprint density at radius 3 is 2.00 bits per heavy atom. The number of aliphatic hydroxyl groups is 1. The Balaban J connectivity index is 0.000000364. The topological polar surface area (TPSA) is 110 Å². The molecule has 6 N–H and O–H groups in total. The zero-order valence-electron chi connectivity index (χ0n) is 7.68. The van der Waals surface area contributed by atoms with Gasteiger partial charge in [-0.2, -0.15) is 0 Å². The first-order valence-corrected chi connectivity index (χ1v) is 4.01. The number of aliphatic hydroxyl groups excluding tert-OH is 1. The summed E-state index contributed by atoms with van der Waals surface area (Å²) in [5.41, 5.74) is 10.9. The monoisotopic (exact) mass is 198 g/mol. The number of hydrogen-bond acceptors (Lipinski definition) is 4. The molecule has 0 fully saturated rings. The molecule has 0 atom stereocenters. The van der Waals surface area contributed by atoms with Gasteiger partial charge in [-0.25, -0.2) is 4.79 Å². The Bertz CT molecular complexity index is 270. The number of nitrogens with two attached hydrogens (primary N) is 2. The maximum absolute atomic E-state index is 10.3. The van der Waals surface area contributed by atoms with E-state index >= 15 is 0 Å². The number of hydrogen-bond donors (Lipinski definition) is 4. The standard InChI is InChI=1S/C7H7NO2.C2H7NO/c8-6-3-1-5(2-4-6)7(9)10;3-1-2-4/h1-4H,8H2,(H,9,10);4H,1-3H2. The van der Waals surface area contributed by atoms with Crippen LogP contribution >= 0.6 is 0 Å². The highest BCUT2D eigenvalue weighted by atomic mass is 16.4. The number of anilines is 1. The summed E-state index contributed by atoms with van der Waals surface area (Å²) in [6.45, 7) is 0.472. The van der Waals surface area contributed by atoms with Gasteiger partial charge in [-0.05, 0) is 24.3 Å². The van der Waals surface area contributed by atoms with E-state index in [9.17, 15) is 4.79 Å². The van der Waals surface area contributed by atoms with Crippen LogP contribution in [0, 0.1) is 0 Å². The molecule has 5 nitrogen and oxygen atoms in total. The quantitative estimate of drug-likeness (QED) is 0.496. The van der Waals surface area contributed by atoms with Crippen molar-refractivity contribution in [2.75, 3.05) is 18.9 Å². The van der Waals surface area contributed by atoms with Gasteiger partial charge in [0.2, 0.25) is 0 Å². The lowest BCUT2D eigenvalue weighted by atomic mass is 10.2. The fourth-order valence-electron chi connectivity index (χ4n) is 0.626. The summed E-state index contributed by atoms with van der Waals surface area (Å²) in [6, 6.07) is 6.06. The average Bonchev–Trinajstić information content (AvgIpc) is 2.19. The summed E-state index contributed by atoms with van der Waals surface area (Å²) in [4.78, 5) is 10.3. The second-order valence-electron chi connectivity index (χ2n) is 2.44. The summed E-state index contributed by atoms with van der Waals surface area (Å²) >= 11 is 0. The van der Waals surface area contributed by atoms with Crippen LogP contribution in [0.1, 0.15) is 10.4 Å². The van der Waals surface area contributed by atoms with Gasteiger partial charge in [0.05, 0.1) is 12.2 Å². The van der Waals surface area contributed by atoms with Crippen molar-refractivity contribution in [3.8, 4) is 0 Å². The lowest BCUT2D eigenvalue weighted by molar-refractivity contribution is 0.0697. The number of carboxylic acid groups (broad SMARTS) is 1. The molecule has 5 heteroatoms. The zero-order chi connectivity index (χ0) is 11.0. The van der Waals surface area contributed by atoms with E-state index in [4.69, 9.17) is 21.7 Å². The van der Waals surface area contributed by atoms with E-state index in [1.54, 1.807) is 12.1 Å². The molecule has 0 saturated carbocycles. The predicted molar refractivity (Wildman–Crippen MR) is 54.0 cm³/mol. The summed E-state index contributed by atoms with van der Waals surface area (Å²) in [6.07, 6.45) is 0. The van der Waals surface area contributed by atoms with Gasteiger partial charge < -0.3 is 21.7 Å². The minimum atomic E-state index is -0.931. The molecule has 0 amide bonds. The molecule has 0 aliphatic carbocycles. The van der Waals surface area contributed by atoms with Crippen LogP contribution in [-0.4, -0.2) is 29.3 Å². The lowest BCUT2D eigenvalue weighted by Gasteiger charge is -1.93. The van der Waals surface area contributed by atoms with Crippen LogP contribution in [-0.2, 0) is 0 Å². The number of nitrogen functional groups attached to an aromatic ring is 1. The summed E-state index contributed by atoms with van der Waals surface area (Å²) < 4.78 is 0. The van der Waals surface area contributed by atoms with Crippen molar-refractivity contribution in [3.05, 3.63) is 29.8 Å². The second kappa shape index (κ2) is 6.88.